The van der Waals surface area contributed by atoms with Crippen LogP contribution in [0.3, 0.4) is 0 Å². The summed E-state index contributed by atoms with van der Waals surface area (Å²) >= 11 is 0. The van der Waals surface area contributed by atoms with E-state index in [0.717, 1.165) is 43.6 Å². The number of carbonyl (C=O) groups excluding carboxylic acids is 1. The molecule has 0 fully saturated rings. The Balaban J connectivity index is 2.02. The quantitative estimate of drug-likeness (QED) is 0.492. The zero-order valence-corrected chi connectivity index (χ0v) is 16.8. The highest BCUT2D eigenvalue weighted by Gasteiger charge is 2.21. The van der Waals surface area contributed by atoms with Crippen LogP contribution >= 0.6 is 0 Å². The van der Waals surface area contributed by atoms with Gasteiger partial charge in [0.2, 0.25) is 0 Å². The maximum Gasteiger partial charge on any atom is 0.262 e. The van der Waals surface area contributed by atoms with E-state index >= 15 is 0 Å². The summed E-state index contributed by atoms with van der Waals surface area (Å²) in [5, 5.41) is 16.0. The first-order valence-corrected chi connectivity index (χ1v) is 9.53. The second kappa shape index (κ2) is 11.1. The molecule has 2 rings (SSSR count). The number of nitrogens with zero attached hydrogens (tertiary/aromatic N) is 3. The largest absolute Gasteiger partial charge is 0.497 e. The molecule has 1 aromatic rings. The molecular weight excluding hydrogens is 356 g/mol. The van der Waals surface area contributed by atoms with Crippen LogP contribution in [0.2, 0.25) is 0 Å². The molecule has 1 atom stereocenters. The molecule has 1 heterocycles. The molecule has 1 aliphatic rings. The van der Waals surface area contributed by atoms with E-state index in [1.165, 1.54) is 12.3 Å². The fourth-order valence-corrected chi connectivity index (χ4v) is 2.87. The molecule has 7 heteroatoms. The van der Waals surface area contributed by atoms with E-state index in [4.69, 9.17) is 9.26 Å². The third-order valence-electron chi connectivity index (χ3n) is 4.41. The van der Waals surface area contributed by atoms with Gasteiger partial charge in [-0.3, -0.25) is 4.79 Å². The van der Waals surface area contributed by atoms with Crippen molar-refractivity contribution in [3.8, 4) is 6.07 Å². The van der Waals surface area contributed by atoms with E-state index in [2.05, 4.69) is 22.3 Å². The number of hydrogen-bond donors (Lipinski definition) is 1. The van der Waals surface area contributed by atoms with Gasteiger partial charge in [0.05, 0.1) is 11.8 Å². The minimum Gasteiger partial charge on any atom is -0.497 e. The molecule has 0 saturated carbocycles. The highest BCUT2D eigenvalue weighted by molar-refractivity contribution is 6.01. The second-order valence-corrected chi connectivity index (χ2v) is 6.94. The minimum absolute atomic E-state index is 0.00895. The molecule has 150 valence electrons. The van der Waals surface area contributed by atoms with E-state index in [9.17, 15) is 10.1 Å². The fourth-order valence-electron chi connectivity index (χ4n) is 2.87. The molecule has 0 aromatic carbocycles. The van der Waals surface area contributed by atoms with Crippen molar-refractivity contribution in [2.75, 3.05) is 27.2 Å². The molecule has 0 aliphatic heterocycles. The number of hydrogen-bond acceptors (Lipinski definition) is 6. The molecule has 0 bridgehead atoms. The molecule has 1 N–H and O–H groups in total. The first-order chi connectivity index (χ1) is 13.5. The Morgan fingerprint density at radius 2 is 2.29 bits per heavy atom. The topological polar surface area (TPSA) is 91.4 Å². The summed E-state index contributed by atoms with van der Waals surface area (Å²) in [6, 6.07) is 3.43. The second-order valence-electron chi connectivity index (χ2n) is 6.94. The molecule has 0 radical (unpaired) electrons. The van der Waals surface area contributed by atoms with Crippen LogP contribution in [0.25, 0.3) is 6.08 Å². The van der Waals surface area contributed by atoms with Crippen LogP contribution < -0.4 is 5.32 Å². The smallest absolute Gasteiger partial charge is 0.262 e. The lowest BCUT2D eigenvalue weighted by atomic mass is 9.93. The van der Waals surface area contributed by atoms with Gasteiger partial charge in [-0.15, -0.1) is 0 Å². The predicted molar refractivity (Wildman–Crippen MR) is 107 cm³/mol. The predicted octanol–water partition coefficient (Wildman–Crippen LogP) is 3.05. The summed E-state index contributed by atoms with van der Waals surface area (Å²) in [5.74, 6) is 0.567. The molecule has 0 saturated heterocycles. The van der Waals surface area contributed by atoms with Crippen molar-refractivity contribution < 1.29 is 14.1 Å². The Morgan fingerprint density at radius 3 is 2.86 bits per heavy atom. The molecule has 1 aliphatic carbocycles. The monoisotopic (exact) mass is 384 g/mol. The van der Waals surface area contributed by atoms with Crippen LogP contribution in [0, 0.1) is 11.3 Å². The third kappa shape index (κ3) is 6.71. The maximum absolute atomic E-state index is 12.6. The number of nitrogens with one attached hydrogen (secondary N) is 1. The number of aromatic nitrogens is 1. The molecular formula is C21H28N4O3. The van der Waals surface area contributed by atoms with Gasteiger partial charge in [0, 0.05) is 19.0 Å². The summed E-state index contributed by atoms with van der Waals surface area (Å²) in [7, 11) is 4.03. The maximum atomic E-state index is 12.6. The molecule has 1 unspecified atom stereocenters. The average molecular weight is 384 g/mol. The van der Waals surface area contributed by atoms with Gasteiger partial charge in [-0.1, -0.05) is 24.6 Å². The van der Waals surface area contributed by atoms with E-state index in [-0.39, 0.29) is 11.6 Å². The zero-order chi connectivity index (χ0) is 20.4. The van der Waals surface area contributed by atoms with Crippen LogP contribution in [0.5, 0.6) is 0 Å². The van der Waals surface area contributed by atoms with Crippen LogP contribution in [0.4, 0.5) is 0 Å². The highest BCUT2D eigenvalue weighted by Crippen LogP contribution is 2.24. The molecule has 1 aromatic heterocycles. The van der Waals surface area contributed by atoms with E-state index in [1.54, 1.807) is 6.07 Å². The van der Waals surface area contributed by atoms with Gasteiger partial charge in [0.1, 0.15) is 30.2 Å². The van der Waals surface area contributed by atoms with Crippen molar-refractivity contribution in [1.82, 2.24) is 15.4 Å². The molecule has 7 nitrogen and oxygen atoms in total. The molecule has 28 heavy (non-hydrogen) atoms. The van der Waals surface area contributed by atoms with E-state index < -0.39 is 5.91 Å². The van der Waals surface area contributed by atoms with Crippen LogP contribution in [-0.2, 0) is 9.53 Å². The van der Waals surface area contributed by atoms with E-state index in [1.807, 2.05) is 32.3 Å². The number of nitriles is 1. The van der Waals surface area contributed by atoms with Gasteiger partial charge in [-0.2, -0.15) is 5.26 Å². The van der Waals surface area contributed by atoms with Gasteiger partial charge in [0.15, 0.2) is 0 Å². The standard InChI is InChI=1S/C21H28N4O3/c1-4-5-20(16-6-8-19(9-7-16)27-13-11-25(2)3)23-21(26)17(15-22)14-18-10-12-28-24-18/h6,8,10,12,14,20H,4-5,7,9,11,13H2,1-3H3,(H,23,26)/b17-14+. The Morgan fingerprint density at radius 1 is 1.46 bits per heavy atom. The summed E-state index contributed by atoms with van der Waals surface area (Å²) in [6.45, 7) is 3.61. The normalized spacial score (nSPS) is 15.5. The lowest BCUT2D eigenvalue weighted by molar-refractivity contribution is -0.117. The Bertz CT molecular complexity index is 770. The van der Waals surface area contributed by atoms with Crippen molar-refractivity contribution in [3.63, 3.8) is 0 Å². The van der Waals surface area contributed by atoms with Crippen molar-refractivity contribution >= 4 is 12.0 Å². The number of ether oxygens (including phenoxy) is 1. The Hall–Kier alpha value is -2.85. The van der Waals surface area contributed by atoms with Gasteiger partial charge in [-0.25, -0.2) is 0 Å². The van der Waals surface area contributed by atoms with Crippen LogP contribution in [0.15, 0.2) is 45.9 Å². The summed E-state index contributed by atoms with van der Waals surface area (Å²) in [5.41, 5.74) is 1.60. The Kier molecular flexibility index (Phi) is 8.50. The number of allylic oxidation sites excluding steroid dienone is 3. The van der Waals surface area contributed by atoms with Crippen LogP contribution in [-0.4, -0.2) is 49.3 Å². The number of rotatable bonds is 10. The summed E-state index contributed by atoms with van der Waals surface area (Å²) in [4.78, 5) is 14.6. The lowest BCUT2D eigenvalue weighted by Crippen LogP contribution is -2.37. The molecule has 0 spiro atoms. The SMILES string of the molecule is CCCC(NC(=O)/C(C#N)=C/c1ccon1)C1=CC=C(OCCN(C)C)CC1. The van der Waals surface area contributed by atoms with Crippen molar-refractivity contribution in [1.29, 1.82) is 5.26 Å². The zero-order valence-electron chi connectivity index (χ0n) is 16.8. The third-order valence-corrected chi connectivity index (χ3v) is 4.41. The number of carbonyl (C=O) groups is 1. The number of amides is 1. The average Bonchev–Trinajstić information content (AvgIpc) is 3.19. The van der Waals surface area contributed by atoms with Crippen molar-refractivity contribution in [2.24, 2.45) is 0 Å². The van der Waals surface area contributed by atoms with Gasteiger partial charge >= 0.3 is 0 Å². The summed E-state index contributed by atoms with van der Waals surface area (Å²) < 4.78 is 10.5. The summed E-state index contributed by atoms with van der Waals surface area (Å²) in [6.07, 6.45) is 10.2. The van der Waals surface area contributed by atoms with Crippen LogP contribution in [0.1, 0.15) is 38.3 Å². The van der Waals surface area contributed by atoms with Crippen molar-refractivity contribution in [3.05, 3.63) is 47.1 Å². The highest BCUT2D eigenvalue weighted by atomic mass is 16.5. The van der Waals surface area contributed by atoms with Gasteiger partial charge in [0.25, 0.3) is 5.91 Å². The first-order valence-electron chi connectivity index (χ1n) is 9.53. The minimum atomic E-state index is -0.401. The first kappa shape index (κ1) is 21.5. The van der Waals surface area contributed by atoms with Gasteiger partial charge in [-0.05, 0) is 44.7 Å². The Labute approximate surface area is 166 Å². The number of likely N-dealkylation sites (N-methyl/N-ethyl adjacent to an activating group) is 1. The fraction of sp³-hybridized carbons (Fsp3) is 0.476. The van der Waals surface area contributed by atoms with Crippen molar-refractivity contribution in [2.45, 2.75) is 38.6 Å². The molecule has 1 amide bonds. The van der Waals surface area contributed by atoms with Gasteiger partial charge < -0.3 is 19.5 Å². The van der Waals surface area contributed by atoms with E-state index in [0.29, 0.717) is 12.3 Å². The lowest BCUT2D eigenvalue weighted by Gasteiger charge is -2.24.